The van der Waals surface area contributed by atoms with Gasteiger partial charge in [-0.25, -0.2) is 0 Å². The van der Waals surface area contributed by atoms with Gasteiger partial charge in [0.05, 0.1) is 6.04 Å². The first-order chi connectivity index (χ1) is 14.9. The molecule has 3 rings (SSSR count). The Hall–Kier alpha value is -3.02. The van der Waals surface area contributed by atoms with Gasteiger partial charge in [-0.05, 0) is 48.1 Å². The number of rotatable bonds is 8. The van der Waals surface area contributed by atoms with Gasteiger partial charge in [-0.1, -0.05) is 44.2 Å². The van der Waals surface area contributed by atoms with E-state index in [-0.39, 0.29) is 6.04 Å². The molecule has 31 heavy (non-hydrogen) atoms. The van der Waals surface area contributed by atoms with Gasteiger partial charge in [-0.3, -0.25) is 9.59 Å². The van der Waals surface area contributed by atoms with E-state index in [9.17, 15) is 9.59 Å². The Kier molecular flexibility index (Phi) is 7.55. The van der Waals surface area contributed by atoms with Crippen molar-refractivity contribution < 1.29 is 9.59 Å². The SMILES string of the molecule is CC(C)CCNC(=O)C(=O)NCC(c1ccc(N(C)C)cc1)N1CCc2ccccc21. The van der Waals surface area contributed by atoms with E-state index >= 15 is 0 Å². The Morgan fingerprint density at radius 2 is 1.68 bits per heavy atom. The largest absolute Gasteiger partial charge is 0.378 e. The molecule has 0 radical (unpaired) electrons. The van der Waals surface area contributed by atoms with Crippen LogP contribution in [0.3, 0.4) is 0 Å². The maximum Gasteiger partial charge on any atom is 0.309 e. The molecule has 0 bridgehead atoms. The van der Waals surface area contributed by atoms with Gasteiger partial charge < -0.3 is 20.4 Å². The minimum absolute atomic E-state index is 0.0488. The van der Waals surface area contributed by atoms with Gasteiger partial charge in [0.25, 0.3) is 0 Å². The number of para-hydroxylation sites is 1. The van der Waals surface area contributed by atoms with Gasteiger partial charge in [0, 0.05) is 45.1 Å². The predicted octanol–water partition coefficient (Wildman–Crippen LogP) is 3.13. The molecule has 0 fully saturated rings. The van der Waals surface area contributed by atoms with Crippen molar-refractivity contribution in [3.8, 4) is 0 Å². The number of carbonyl (C=O) groups is 2. The van der Waals surface area contributed by atoms with E-state index in [1.54, 1.807) is 0 Å². The van der Waals surface area contributed by atoms with Crippen LogP contribution < -0.4 is 20.4 Å². The topological polar surface area (TPSA) is 64.7 Å². The molecule has 6 nitrogen and oxygen atoms in total. The Labute approximate surface area is 185 Å². The second-order valence-corrected chi connectivity index (χ2v) is 8.72. The van der Waals surface area contributed by atoms with Crippen LogP contribution in [0.25, 0.3) is 0 Å². The van der Waals surface area contributed by atoms with Crippen LogP contribution >= 0.6 is 0 Å². The Balaban J connectivity index is 1.74. The molecule has 0 saturated heterocycles. The smallest absolute Gasteiger partial charge is 0.309 e. The molecule has 2 aromatic carbocycles. The monoisotopic (exact) mass is 422 g/mol. The zero-order valence-corrected chi connectivity index (χ0v) is 19.0. The first kappa shape index (κ1) is 22.7. The number of nitrogens with zero attached hydrogens (tertiary/aromatic N) is 2. The molecule has 0 aromatic heterocycles. The fourth-order valence-electron chi connectivity index (χ4n) is 3.91. The summed E-state index contributed by atoms with van der Waals surface area (Å²) >= 11 is 0. The van der Waals surface area contributed by atoms with Gasteiger partial charge in [0.2, 0.25) is 0 Å². The number of benzene rings is 2. The molecule has 1 aliphatic heterocycles. The van der Waals surface area contributed by atoms with Crippen molar-refractivity contribution in [3.05, 3.63) is 59.7 Å². The molecule has 1 atom stereocenters. The number of carbonyl (C=O) groups excluding carboxylic acids is 2. The molecular weight excluding hydrogens is 388 g/mol. The molecule has 2 aromatic rings. The van der Waals surface area contributed by atoms with Crippen LogP contribution in [0.2, 0.25) is 0 Å². The van der Waals surface area contributed by atoms with E-state index in [0.29, 0.717) is 19.0 Å². The number of hydrogen-bond donors (Lipinski definition) is 2. The summed E-state index contributed by atoms with van der Waals surface area (Å²) in [4.78, 5) is 29.0. The normalized spacial score (nSPS) is 13.6. The fourth-order valence-corrected chi connectivity index (χ4v) is 3.91. The van der Waals surface area contributed by atoms with Crippen molar-refractivity contribution in [1.29, 1.82) is 0 Å². The second-order valence-electron chi connectivity index (χ2n) is 8.72. The molecule has 0 spiro atoms. The van der Waals surface area contributed by atoms with Gasteiger partial charge in [0.1, 0.15) is 0 Å². The van der Waals surface area contributed by atoms with Crippen LogP contribution in [0.5, 0.6) is 0 Å². The van der Waals surface area contributed by atoms with Gasteiger partial charge in [-0.15, -0.1) is 0 Å². The van der Waals surface area contributed by atoms with E-state index in [1.165, 1.54) is 11.3 Å². The molecule has 1 aliphatic rings. The number of nitrogens with one attached hydrogen (secondary N) is 2. The van der Waals surface area contributed by atoms with Gasteiger partial charge in [-0.2, -0.15) is 0 Å². The Bertz CT molecular complexity index is 893. The quantitative estimate of drug-likeness (QED) is 0.642. The molecule has 0 aliphatic carbocycles. The van der Waals surface area contributed by atoms with Crippen molar-refractivity contribution in [2.45, 2.75) is 32.7 Å². The highest BCUT2D eigenvalue weighted by Gasteiger charge is 2.28. The standard InChI is InChI=1S/C25H34N4O2/c1-18(2)13-15-26-24(30)25(31)27-17-23(20-9-11-21(12-10-20)28(3)4)29-16-14-19-7-5-6-8-22(19)29/h5-12,18,23H,13-17H2,1-4H3,(H,26,30)(H,27,31). The van der Waals surface area contributed by atoms with E-state index in [0.717, 1.165) is 30.6 Å². The molecule has 1 unspecified atom stereocenters. The lowest BCUT2D eigenvalue weighted by Crippen LogP contribution is -2.44. The average Bonchev–Trinajstić information content (AvgIpc) is 3.18. The first-order valence-corrected chi connectivity index (χ1v) is 11.0. The lowest BCUT2D eigenvalue weighted by atomic mass is 10.0. The molecule has 6 heteroatoms. The lowest BCUT2D eigenvalue weighted by Gasteiger charge is -2.31. The third-order valence-electron chi connectivity index (χ3n) is 5.76. The zero-order chi connectivity index (χ0) is 22.4. The van der Waals surface area contributed by atoms with E-state index in [1.807, 2.05) is 20.2 Å². The summed E-state index contributed by atoms with van der Waals surface area (Å²) in [6, 6.07) is 16.7. The van der Waals surface area contributed by atoms with Crippen molar-refractivity contribution in [2.75, 3.05) is 43.5 Å². The highest BCUT2D eigenvalue weighted by atomic mass is 16.2. The predicted molar refractivity (Wildman–Crippen MR) is 126 cm³/mol. The van der Waals surface area contributed by atoms with Crippen LogP contribution in [-0.4, -0.2) is 45.5 Å². The Morgan fingerprint density at radius 1 is 1.00 bits per heavy atom. The Morgan fingerprint density at radius 3 is 2.35 bits per heavy atom. The third-order valence-corrected chi connectivity index (χ3v) is 5.76. The molecule has 2 amide bonds. The third kappa shape index (κ3) is 5.78. The van der Waals surface area contributed by atoms with Crippen LogP contribution in [0, 0.1) is 5.92 Å². The summed E-state index contributed by atoms with van der Waals surface area (Å²) in [5.41, 5.74) is 4.75. The summed E-state index contributed by atoms with van der Waals surface area (Å²) in [6.07, 6.45) is 1.83. The van der Waals surface area contributed by atoms with Crippen molar-refractivity contribution in [2.24, 2.45) is 5.92 Å². The van der Waals surface area contributed by atoms with E-state index in [4.69, 9.17) is 0 Å². The van der Waals surface area contributed by atoms with Crippen LogP contribution in [0.4, 0.5) is 11.4 Å². The zero-order valence-electron chi connectivity index (χ0n) is 19.0. The van der Waals surface area contributed by atoms with Crippen LogP contribution in [0.1, 0.15) is 37.4 Å². The van der Waals surface area contributed by atoms with E-state index < -0.39 is 11.8 Å². The summed E-state index contributed by atoms with van der Waals surface area (Å²) in [5, 5.41) is 5.57. The average molecular weight is 423 g/mol. The number of fused-ring (bicyclic) bond motifs is 1. The molecule has 2 N–H and O–H groups in total. The van der Waals surface area contributed by atoms with Crippen molar-refractivity contribution >= 4 is 23.2 Å². The number of anilines is 2. The van der Waals surface area contributed by atoms with Gasteiger partial charge >= 0.3 is 11.8 Å². The first-order valence-electron chi connectivity index (χ1n) is 11.0. The summed E-state index contributed by atoms with van der Waals surface area (Å²) in [5.74, 6) is -0.663. The summed E-state index contributed by atoms with van der Waals surface area (Å²) in [7, 11) is 4.03. The van der Waals surface area contributed by atoms with Gasteiger partial charge in [0.15, 0.2) is 0 Å². The fraction of sp³-hybridized carbons (Fsp3) is 0.440. The molecular formula is C25H34N4O2. The number of hydrogen-bond acceptors (Lipinski definition) is 4. The van der Waals surface area contributed by atoms with Crippen molar-refractivity contribution in [3.63, 3.8) is 0 Å². The molecule has 0 saturated carbocycles. The lowest BCUT2D eigenvalue weighted by molar-refractivity contribution is -0.139. The minimum Gasteiger partial charge on any atom is -0.378 e. The molecule has 166 valence electrons. The van der Waals surface area contributed by atoms with Crippen molar-refractivity contribution in [1.82, 2.24) is 10.6 Å². The van der Waals surface area contributed by atoms with Crippen LogP contribution in [-0.2, 0) is 16.0 Å². The summed E-state index contributed by atoms with van der Waals surface area (Å²) in [6.45, 7) is 5.94. The molecule has 1 heterocycles. The van der Waals surface area contributed by atoms with E-state index in [2.05, 4.69) is 76.7 Å². The second kappa shape index (κ2) is 10.3. The maximum absolute atomic E-state index is 12.4. The highest BCUT2D eigenvalue weighted by Crippen LogP contribution is 2.35. The minimum atomic E-state index is -0.578. The maximum atomic E-state index is 12.4. The highest BCUT2D eigenvalue weighted by molar-refractivity contribution is 6.35. The summed E-state index contributed by atoms with van der Waals surface area (Å²) < 4.78 is 0. The van der Waals surface area contributed by atoms with Crippen LogP contribution in [0.15, 0.2) is 48.5 Å². The number of amides is 2.